The van der Waals surface area contributed by atoms with Gasteiger partial charge < -0.3 is 19.3 Å². The number of carbonyl (C=O) groups is 2. The first-order valence-corrected chi connectivity index (χ1v) is 8.78. The van der Waals surface area contributed by atoms with E-state index in [2.05, 4.69) is 5.32 Å². The molecular weight excluding hydrogens is 350 g/mol. The third-order valence-corrected chi connectivity index (χ3v) is 4.72. The van der Waals surface area contributed by atoms with Crippen LogP contribution in [-0.4, -0.2) is 23.0 Å². The van der Waals surface area contributed by atoms with E-state index in [4.69, 9.17) is 8.83 Å². The predicted octanol–water partition coefficient (Wildman–Crippen LogP) is 3.07. The van der Waals surface area contributed by atoms with Crippen LogP contribution in [0.5, 0.6) is 0 Å². The highest BCUT2D eigenvalue weighted by Crippen LogP contribution is 2.28. The average Bonchev–Trinajstić information content (AvgIpc) is 2.97. The maximum absolute atomic E-state index is 12.4. The van der Waals surface area contributed by atoms with Crippen molar-refractivity contribution in [3.05, 3.63) is 45.5 Å². The summed E-state index contributed by atoms with van der Waals surface area (Å²) in [7, 11) is 0. The predicted molar refractivity (Wildman–Crippen MR) is 99.9 cm³/mol. The molecule has 0 radical (unpaired) electrons. The summed E-state index contributed by atoms with van der Waals surface area (Å²) >= 11 is 0. The summed E-state index contributed by atoms with van der Waals surface area (Å²) in [5.74, 6) is -1.61. The van der Waals surface area contributed by atoms with Crippen LogP contribution in [0.25, 0.3) is 21.9 Å². The van der Waals surface area contributed by atoms with Crippen LogP contribution >= 0.6 is 0 Å². The summed E-state index contributed by atoms with van der Waals surface area (Å²) < 4.78 is 10.8. The molecule has 27 heavy (non-hydrogen) atoms. The quantitative estimate of drug-likeness (QED) is 0.645. The van der Waals surface area contributed by atoms with E-state index in [9.17, 15) is 19.5 Å². The van der Waals surface area contributed by atoms with Gasteiger partial charge in [0.25, 0.3) is 0 Å². The average molecular weight is 371 g/mol. The highest BCUT2D eigenvalue weighted by atomic mass is 16.4. The number of aryl methyl sites for hydroxylation is 2. The Kier molecular flexibility index (Phi) is 5.03. The van der Waals surface area contributed by atoms with Gasteiger partial charge in [0, 0.05) is 16.8 Å². The number of fused-ring (bicyclic) bond motifs is 2. The molecule has 3 aromatic rings. The van der Waals surface area contributed by atoms with Gasteiger partial charge in [-0.2, -0.15) is 0 Å². The van der Waals surface area contributed by atoms with E-state index in [-0.39, 0.29) is 12.0 Å². The summed E-state index contributed by atoms with van der Waals surface area (Å²) in [6, 6.07) is 2.57. The van der Waals surface area contributed by atoms with Crippen LogP contribution < -0.4 is 10.9 Å². The first-order valence-electron chi connectivity index (χ1n) is 8.78. The molecular formula is C20H21NO6. The Balaban J connectivity index is 1.97. The summed E-state index contributed by atoms with van der Waals surface area (Å²) in [5, 5.41) is 13.3. The van der Waals surface area contributed by atoms with Crippen LogP contribution in [0, 0.1) is 13.8 Å². The smallest absolute Gasteiger partial charge is 0.340 e. The molecule has 0 aliphatic rings. The monoisotopic (exact) mass is 371 g/mol. The third kappa shape index (κ3) is 3.58. The topological polar surface area (TPSA) is 110 Å². The molecule has 142 valence electrons. The number of hydrogen-bond acceptors (Lipinski definition) is 5. The summed E-state index contributed by atoms with van der Waals surface area (Å²) in [4.78, 5) is 35.9. The van der Waals surface area contributed by atoms with Crippen LogP contribution in [0.3, 0.4) is 0 Å². The number of hydrogen-bond donors (Lipinski definition) is 2. The number of rotatable bonds is 6. The van der Waals surface area contributed by atoms with Gasteiger partial charge in [-0.15, -0.1) is 0 Å². The van der Waals surface area contributed by atoms with Crippen LogP contribution in [-0.2, 0) is 16.0 Å². The zero-order valence-corrected chi connectivity index (χ0v) is 15.4. The maximum Gasteiger partial charge on any atom is 0.340 e. The molecule has 0 unspecified atom stereocenters. The van der Waals surface area contributed by atoms with Gasteiger partial charge in [-0.05, 0) is 37.5 Å². The number of nitrogens with one attached hydrogen (secondary N) is 1. The van der Waals surface area contributed by atoms with Crippen molar-refractivity contribution < 1.29 is 23.5 Å². The molecule has 0 aliphatic heterocycles. The number of carbonyl (C=O) groups excluding carboxylic acids is 1. The van der Waals surface area contributed by atoms with Crippen molar-refractivity contribution in [1.29, 1.82) is 0 Å². The molecule has 1 aromatic carbocycles. The standard InChI is InChI=1S/C20H21NO6/c1-4-5-15(19(23)24)21-18(22)7-14-11(3)13-6-12-10(2)9-26-16(12)8-17(13)27-20(14)25/h6,8-9,15H,4-5,7H2,1-3H3,(H,21,22)(H,23,24)/t15-/m1/s1. The Morgan fingerprint density at radius 1 is 1.19 bits per heavy atom. The van der Waals surface area contributed by atoms with Gasteiger partial charge in [-0.3, -0.25) is 4.79 Å². The molecule has 2 aromatic heterocycles. The minimum atomic E-state index is -1.09. The lowest BCUT2D eigenvalue weighted by Gasteiger charge is -2.14. The first-order chi connectivity index (χ1) is 12.8. The minimum Gasteiger partial charge on any atom is -0.480 e. The van der Waals surface area contributed by atoms with E-state index in [0.29, 0.717) is 29.6 Å². The number of carboxylic acid groups (broad SMARTS) is 1. The largest absolute Gasteiger partial charge is 0.480 e. The highest BCUT2D eigenvalue weighted by Gasteiger charge is 2.21. The van der Waals surface area contributed by atoms with Gasteiger partial charge in [0.15, 0.2) is 0 Å². The van der Waals surface area contributed by atoms with Gasteiger partial charge in [-0.25, -0.2) is 9.59 Å². The Bertz CT molecular complexity index is 1090. The fraction of sp³-hybridized carbons (Fsp3) is 0.350. The highest BCUT2D eigenvalue weighted by molar-refractivity contribution is 5.96. The van der Waals surface area contributed by atoms with Crippen LogP contribution in [0.15, 0.2) is 32.0 Å². The third-order valence-electron chi connectivity index (χ3n) is 4.72. The second kappa shape index (κ2) is 7.26. The van der Waals surface area contributed by atoms with Gasteiger partial charge >= 0.3 is 11.6 Å². The molecule has 7 nitrogen and oxygen atoms in total. The van der Waals surface area contributed by atoms with Crippen molar-refractivity contribution in [1.82, 2.24) is 5.32 Å². The minimum absolute atomic E-state index is 0.223. The van der Waals surface area contributed by atoms with E-state index in [0.717, 1.165) is 16.3 Å². The molecule has 0 spiro atoms. The number of furan rings is 1. The van der Waals surface area contributed by atoms with E-state index in [1.807, 2.05) is 19.9 Å². The fourth-order valence-corrected chi connectivity index (χ4v) is 3.19. The van der Waals surface area contributed by atoms with E-state index in [1.54, 1.807) is 19.3 Å². The molecule has 2 N–H and O–H groups in total. The Morgan fingerprint density at radius 2 is 1.93 bits per heavy atom. The summed E-state index contributed by atoms with van der Waals surface area (Å²) in [5.41, 5.74) is 2.22. The molecule has 0 fully saturated rings. The molecule has 2 heterocycles. The Morgan fingerprint density at radius 3 is 2.59 bits per heavy atom. The van der Waals surface area contributed by atoms with Gasteiger partial charge in [0.2, 0.25) is 5.91 Å². The first kappa shape index (κ1) is 18.7. The second-order valence-corrected chi connectivity index (χ2v) is 6.68. The van der Waals surface area contributed by atoms with Crippen molar-refractivity contribution in [3.8, 4) is 0 Å². The van der Waals surface area contributed by atoms with Gasteiger partial charge in [-0.1, -0.05) is 13.3 Å². The Labute approximate surface area is 155 Å². The van der Waals surface area contributed by atoms with Crippen molar-refractivity contribution in [2.24, 2.45) is 0 Å². The van der Waals surface area contributed by atoms with E-state index < -0.39 is 23.5 Å². The number of amides is 1. The molecule has 0 aliphatic carbocycles. The lowest BCUT2D eigenvalue weighted by molar-refractivity contribution is -0.141. The second-order valence-electron chi connectivity index (χ2n) is 6.68. The number of aliphatic carboxylic acids is 1. The fourth-order valence-electron chi connectivity index (χ4n) is 3.19. The van der Waals surface area contributed by atoms with E-state index in [1.165, 1.54) is 0 Å². The molecule has 7 heteroatoms. The van der Waals surface area contributed by atoms with Crippen LogP contribution in [0.4, 0.5) is 0 Å². The maximum atomic E-state index is 12.4. The molecule has 0 saturated heterocycles. The van der Waals surface area contributed by atoms with Gasteiger partial charge in [0.1, 0.15) is 17.2 Å². The molecule has 1 atom stereocenters. The molecule has 0 bridgehead atoms. The Hall–Kier alpha value is -3.09. The lowest BCUT2D eigenvalue weighted by atomic mass is 10.0. The van der Waals surface area contributed by atoms with Crippen LogP contribution in [0.2, 0.25) is 0 Å². The van der Waals surface area contributed by atoms with E-state index >= 15 is 0 Å². The number of benzene rings is 1. The van der Waals surface area contributed by atoms with Crippen molar-refractivity contribution in [3.63, 3.8) is 0 Å². The SMILES string of the molecule is CCC[C@@H](NC(=O)Cc1c(C)c2cc3c(C)coc3cc2oc1=O)C(=O)O. The molecule has 3 rings (SSSR count). The number of carboxylic acids is 1. The zero-order valence-electron chi connectivity index (χ0n) is 15.4. The van der Waals surface area contributed by atoms with Crippen LogP contribution in [0.1, 0.15) is 36.5 Å². The normalized spacial score (nSPS) is 12.4. The molecule has 1 amide bonds. The summed E-state index contributed by atoms with van der Waals surface area (Å²) in [6.07, 6.45) is 2.34. The van der Waals surface area contributed by atoms with Crippen molar-refractivity contribution in [2.75, 3.05) is 0 Å². The van der Waals surface area contributed by atoms with Crippen molar-refractivity contribution in [2.45, 2.75) is 46.1 Å². The molecule has 0 saturated carbocycles. The lowest BCUT2D eigenvalue weighted by Crippen LogP contribution is -2.41. The zero-order chi connectivity index (χ0) is 19.7. The summed E-state index contributed by atoms with van der Waals surface area (Å²) in [6.45, 7) is 5.51. The van der Waals surface area contributed by atoms with Crippen molar-refractivity contribution >= 4 is 33.8 Å². The van der Waals surface area contributed by atoms with Gasteiger partial charge in [0.05, 0.1) is 18.2 Å².